The van der Waals surface area contributed by atoms with E-state index >= 15 is 0 Å². The maximum absolute atomic E-state index is 11.1. The van der Waals surface area contributed by atoms with Gasteiger partial charge in [-0.3, -0.25) is 4.99 Å². The lowest BCUT2D eigenvalue weighted by Gasteiger charge is -2.02. The number of aliphatic imine (C=N–C) groups is 1. The molecule has 0 rings (SSSR count). The second kappa shape index (κ2) is 5.35. The highest BCUT2D eigenvalue weighted by molar-refractivity contribution is 6.09. The molecule has 0 aromatic heterocycles. The summed E-state index contributed by atoms with van der Waals surface area (Å²) in [5.74, 6) is -0.428. The Bertz CT molecular complexity index is 215. The molecule has 68 valence electrons. The summed E-state index contributed by atoms with van der Waals surface area (Å²) in [6, 6.07) is 0. The molecule has 0 unspecified atom stereocenters. The van der Waals surface area contributed by atoms with Gasteiger partial charge in [-0.25, -0.2) is 4.79 Å². The molecule has 0 aliphatic carbocycles. The van der Waals surface area contributed by atoms with Gasteiger partial charge in [0.15, 0.2) is 0 Å². The highest BCUT2D eigenvalue weighted by Crippen LogP contribution is 1.98. The number of nitrogens with zero attached hydrogens (tertiary/aromatic N) is 1. The van der Waals surface area contributed by atoms with Gasteiger partial charge in [-0.1, -0.05) is 0 Å². The Morgan fingerprint density at radius 1 is 1.67 bits per heavy atom. The fraction of sp³-hybridized carbons (Fsp3) is 0.500. The Kier molecular flexibility index (Phi) is 4.76. The van der Waals surface area contributed by atoms with E-state index in [1.807, 2.05) is 0 Å². The Balaban J connectivity index is 4.54. The number of ether oxygens (including phenoxy) is 1. The van der Waals surface area contributed by atoms with Gasteiger partial charge in [0.05, 0.1) is 12.2 Å². The summed E-state index contributed by atoms with van der Waals surface area (Å²) >= 11 is 0. The largest absolute Gasteiger partial charge is 0.462 e. The van der Waals surface area contributed by atoms with Gasteiger partial charge >= 0.3 is 5.97 Å². The topological polar surface area (TPSA) is 64.7 Å². The second-order valence-electron chi connectivity index (χ2n) is 2.20. The molecule has 0 aliphatic heterocycles. The van der Waals surface area contributed by atoms with E-state index in [1.165, 1.54) is 6.21 Å². The van der Waals surface area contributed by atoms with Crippen LogP contribution < -0.4 is 5.73 Å². The van der Waals surface area contributed by atoms with Crippen molar-refractivity contribution in [2.45, 2.75) is 13.8 Å². The standard InChI is InChI=1S/C8H14N2O2/c1-4-12-8(11)7(5-10-3)6(2)9/h5H,4,9H2,1-3H3/b7-6-,10-5?. The molecular weight excluding hydrogens is 156 g/mol. The first-order valence-corrected chi connectivity index (χ1v) is 3.69. The first-order valence-electron chi connectivity index (χ1n) is 3.69. The highest BCUT2D eigenvalue weighted by atomic mass is 16.5. The molecule has 0 saturated carbocycles. The van der Waals surface area contributed by atoms with Crippen LogP contribution >= 0.6 is 0 Å². The molecule has 0 fully saturated rings. The van der Waals surface area contributed by atoms with Crippen molar-refractivity contribution in [3.05, 3.63) is 11.3 Å². The molecule has 4 nitrogen and oxygen atoms in total. The third-order valence-corrected chi connectivity index (χ3v) is 1.18. The molecule has 0 saturated heterocycles. The van der Waals surface area contributed by atoms with Crippen molar-refractivity contribution in [1.82, 2.24) is 0 Å². The molecule has 0 bridgehead atoms. The second-order valence-corrected chi connectivity index (χ2v) is 2.20. The minimum Gasteiger partial charge on any atom is -0.462 e. The maximum atomic E-state index is 11.1. The average Bonchev–Trinajstić information content (AvgIpc) is 1.99. The van der Waals surface area contributed by atoms with Crippen molar-refractivity contribution < 1.29 is 9.53 Å². The Morgan fingerprint density at radius 3 is 2.58 bits per heavy atom. The average molecular weight is 170 g/mol. The van der Waals surface area contributed by atoms with E-state index in [1.54, 1.807) is 20.9 Å². The minimum atomic E-state index is -0.428. The SMILES string of the molecule is CCOC(=O)/C(C=NC)=C(/C)N. The summed E-state index contributed by atoms with van der Waals surface area (Å²) in [6.07, 6.45) is 1.40. The zero-order chi connectivity index (χ0) is 9.56. The fourth-order valence-corrected chi connectivity index (χ4v) is 0.653. The van der Waals surface area contributed by atoms with Gasteiger partial charge in [-0.05, 0) is 13.8 Å². The normalized spacial score (nSPS) is 12.9. The van der Waals surface area contributed by atoms with E-state index in [4.69, 9.17) is 10.5 Å². The maximum Gasteiger partial charge on any atom is 0.341 e. The Labute approximate surface area is 72.1 Å². The van der Waals surface area contributed by atoms with Crippen LogP contribution in [0.4, 0.5) is 0 Å². The first-order chi connectivity index (χ1) is 5.63. The predicted molar refractivity (Wildman–Crippen MR) is 47.9 cm³/mol. The minimum absolute atomic E-state index is 0.319. The third-order valence-electron chi connectivity index (χ3n) is 1.18. The van der Waals surface area contributed by atoms with Crippen LogP contribution in [0.2, 0.25) is 0 Å². The summed E-state index contributed by atoms with van der Waals surface area (Å²) in [6.45, 7) is 3.71. The van der Waals surface area contributed by atoms with Crippen LogP contribution in [-0.2, 0) is 9.53 Å². The molecule has 2 N–H and O–H groups in total. The molecule has 0 amide bonds. The van der Waals surface area contributed by atoms with Crippen molar-refractivity contribution in [2.24, 2.45) is 10.7 Å². The zero-order valence-electron chi connectivity index (χ0n) is 7.63. The Hall–Kier alpha value is -1.32. The number of nitrogens with two attached hydrogens (primary N) is 1. The molecule has 0 heterocycles. The molecular formula is C8H14N2O2. The van der Waals surface area contributed by atoms with Gasteiger partial charge in [0.1, 0.15) is 0 Å². The van der Waals surface area contributed by atoms with E-state index in [0.29, 0.717) is 17.9 Å². The van der Waals surface area contributed by atoms with E-state index in [0.717, 1.165) is 0 Å². The zero-order valence-corrected chi connectivity index (χ0v) is 7.63. The van der Waals surface area contributed by atoms with Gasteiger partial charge in [0.2, 0.25) is 0 Å². The van der Waals surface area contributed by atoms with Gasteiger partial charge in [-0.2, -0.15) is 0 Å². The summed E-state index contributed by atoms with van der Waals surface area (Å²) in [5.41, 5.74) is 6.18. The van der Waals surface area contributed by atoms with Crippen LogP contribution in [0.15, 0.2) is 16.3 Å². The summed E-state index contributed by atoms with van der Waals surface area (Å²) in [4.78, 5) is 14.8. The predicted octanol–water partition coefficient (Wildman–Crippen LogP) is 0.483. The van der Waals surface area contributed by atoms with Gasteiger partial charge in [0, 0.05) is 19.0 Å². The number of allylic oxidation sites excluding steroid dienone is 1. The molecule has 0 atom stereocenters. The lowest BCUT2D eigenvalue weighted by molar-refractivity contribution is -0.137. The fourth-order valence-electron chi connectivity index (χ4n) is 0.653. The van der Waals surface area contributed by atoms with Gasteiger partial charge in [0.25, 0.3) is 0 Å². The molecule has 0 aromatic carbocycles. The molecule has 4 heteroatoms. The van der Waals surface area contributed by atoms with Crippen LogP contribution in [-0.4, -0.2) is 25.8 Å². The van der Waals surface area contributed by atoms with E-state index < -0.39 is 5.97 Å². The smallest absolute Gasteiger partial charge is 0.341 e. The van der Waals surface area contributed by atoms with Crippen molar-refractivity contribution in [3.63, 3.8) is 0 Å². The highest BCUT2D eigenvalue weighted by Gasteiger charge is 2.09. The number of esters is 1. The monoisotopic (exact) mass is 170 g/mol. The van der Waals surface area contributed by atoms with E-state index in [-0.39, 0.29) is 0 Å². The number of rotatable bonds is 3. The van der Waals surface area contributed by atoms with Crippen LogP contribution in [0.5, 0.6) is 0 Å². The summed E-state index contributed by atoms with van der Waals surface area (Å²) < 4.78 is 4.75. The number of hydrogen-bond donors (Lipinski definition) is 1. The van der Waals surface area contributed by atoms with Crippen LogP contribution in [0.25, 0.3) is 0 Å². The molecule has 0 spiro atoms. The number of carbonyl (C=O) groups is 1. The summed E-state index contributed by atoms with van der Waals surface area (Å²) in [7, 11) is 1.57. The van der Waals surface area contributed by atoms with Crippen LogP contribution in [0, 0.1) is 0 Å². The lowest BCUT2D eigenvalue weighted by Crippen LogP contribution is -2.13. The quantitative estimate of drug-likeness (QED) is 0.380. The van der Waals surface area contributed by atoms with E-state index in [9.17, 15) is 4.79 Å². The van der Waals surface area contributed by atoms with E-state index in [2.05, 4.69) is 4.99 Å². The van der Waals surface area contributed by atoms with Crippen molar-refractivity contribution >= 4 is 12.2 Å². The first kappa shape index (κ1) is 10.7. The van der Waals surface area contributed by atoms with Crippen LogP contribution in [0.3, 0.4) is 0 Å². The summed E-state index contributed by atoms with van der Waals surface area (Å²) in [5, 5.41) is 0. The number of carbonyl (C=O) groups excluding carboxylic acids is 1. The van der Waals surface area contributed by atoms with Crippen molar-refractivity contribution in [2.75, 3.05) is 13.7 Å². The molecule has 0 aliphatic rings. The molecule has 12 heavy (non-hydrogen) atoms. The lowest BCUT2D eigenvalue weighted by atomic mass is 10.2. The molecule has 0 radical (unpaired) electrons. The molecule has 0 aromatic rings. The van der Waals surface area contributed by atoms with Crippen LogP contribution in [0.1, 0.15) is 13.8 Å². The number of hydrogen-bond acceptors (Lipinski definition) is 4. The van der Waals surface area contributed by atoms with Crippen molar-refractivity contribution in [3.8, 4) is 0 Å². The Morgan fingerprint density at radius 2 is 2.25 bits per heavy atom. The third kappa shape index (κ3) is 3.18. The van der Waals surface area contributed by atoms with Gasteiger partial charge in [-0.15, -0.1) is 0 Å². The van der Waals surface area contributed by atoms with Crippen molar-refractivity contribution in [1.29, 1.82) is 0 Å². The van der Waals surface area contributed by atoms with Gasteiger partial charge < -0.3 is 10.5 Å².